The largest absolute Gasteiger partial charge is 0.328 e. The first-order valence-corrected chi connectivity index (χ1v) is 6.36. The van der Waals surface area contributed by atoms with Crippen molar-refractivity contribution in [2.24, 2.45) is 11.5 Å². The van der Waals surface area contributed by atoms with E-state index < -0.39 is 0 Å². The molecule has 0 aromatic carbocycles. The Labute approximate surface area is 93.0 Å². The van der Waals surface area contributed by atoms with Crippen molar-refractivity contribution in [3.05, 3.63) is 6.42 Å². The smallest absolute Gasteiger partial charge is 0.0226 e. The predicted molar refractivity (Wildman–Crippen MR) is 63.3 cm³/mol. The van der Waals surface area contributed by atoms with Crippen LogP contribution in [0, 0.1) is 6.42 Å². The minimum Gasteiger partial charge on any atom is -0.328 e. The molecule has 0 amide bonds. The van der Waals surface area contributed by atoms with Crippen molar-refractivity contribution in [2.75, 3.05) is 0 Å². The van der Waals surface area contributed by atoms with Gasteiger partial charge in [-0.05, 0) is 44.9 Å². The molecule has 2 saturated carbocycles. The summed E-state index contributed by atoms with van der Waals surface area (Å²) in [7, 11) is 0. The van der Waals surface area contributed by atoms with E-state index in [-0.39, 0.29) is 6.04 Å². The average molecular weight is 210 g/mol. The normalized spacial score (nSPS) is 42.8. The molecule has 2 fully saturated rings. The second kappa shape index (κ2) is 5.28. The lowest BCUT2D eigenvalue weighted by Gasteiger charge is -2.35. The highest BCUT2D eigenvalue weighted by molar-refractivity contribution is 4.96. The van der Waals surface area contributed by atoms with Crippen LogP contribution in [0.25, 0.3) is 0 Å². The third-order valence-corrected chi connectivity index (χ3v) is 3.84. The number of nitrogens with two attached hydrogens (primary N) is 2. The lowest BCUT2D eigenvalue weighted by Crippen LogP contribution is -2.52. The van der Waals surface area contributed by atoms with E-state index in [9.17, 15) is 0 Å². The van der Waals surface area contributed by atoms with Crippen LogP contribution in [0.2, 0.25) is 0 Å². The van der Waals surface area contributed by atoms with Gasteiger partial charge < -0.3 is 16.8 Å². The fourth-order valence-corrected chi connectivity index (χ4v) is 2.79. The lowest BCUT2D eigenvalue weighted by molar-refractivity contribution is 0.279. The van der Waals surface area contributed by atoms with Gasteiger partial charge in [-0.2, -0.15) is 0 Å². The number of rotatable bonds is 2. The SMILES string of the molecule is NC1CCC(NC2CCC[CH]C2N)CC1. The predicted octanol–water partition coefficient (Wildman–Crippen LogP) is 0.930. The summed E-state index contributed by atoms with van der Waals surface area (Å²) >= 11 is 0. The van der Waals surface area contributed by atoms with E-state index in [0.29, 0.717) is 18.1 Å². The maximum Gasteiger partial charge on any atom is 0.0226 e. The average Bonchev–Trinajstić information content (AvgIpc) is 2.25. The standard InChI is InChI=1S/C12H24N3/c13-9-5-7-10(8-6-9)15-12-4-2-1-3-11(12)14/h3,9-12,15H,1-2,4-8,13-14H2. The molecule has 3 nitrogen and oxygen atoms in total. The first-order valence-electron chi connectivity index (χ1n) is 6.36. The number of nitrogens with one attached hydrogen (secondary N) is 1. The summed E-state index contributed by atoms with van der Waals surface area (Å²) in [5, 5.41) is 3.72. The van der Waals surface area contributed by atoms with Crippen LogP contribution in [0.3, 0.4) is 0 Å². The maximum atomic E-state index is 6.08. The first-order chi connectivity index (χ1) is 7.25. The van der Waals surface area contributed by atoms with E-state index in [1.807, 2.05) is 0 Å². The molecule has 2 unspecified atom stereocenters. The third-order valence-electron chi connectivity index (χ3n) is 3.84. The quantitative estimate of drug-likeness (QED) is 0.635. The van der Waals surface area contributed by atoms with Gasteiger partial charge in [0.25, 0.3) is 0 Å². The van der Waals surface area contributed by atoms with Gasteiger partial charge in [-0.25, -0.2) is 0 Å². The Kier molecular flexibility index (Phi) is 4.00. The molecule has 3 heteroatoms. The highest BCUT2D eigenvalue weighted by Crippen LogP contribution is 2.21. The van der Waals surface area contributed by atoms with Crippen LogP contribution in [-0.2, 0) is 0 Å². The van der Waals surface area contributed by atoms with Gasteiger partial charge in [-0.3, -0.25) is 0 Å². The van der Waals surface area contributed by atoms with E-state index in [0.717, 1.165) is 0 Å². The van der Waals surface area contributed by atoms with Crippen molar-refractivity contribution in [1.82, 2.24) is 5.32 Å². The highest BCUT2D eigenvalue weighted by Gasteiger charge is 2.26. The summed E-state index contributed by atoms with van der Waals surface area (Å²) in [6.45, 7) is 0. The Morgan fingerprint density at radius 2 is 1.73 bits per heavy atom. The molecule has 0 aromatic heterocycles. The summed E-state index contributed by atoms with van der Waals surface area (Å²) in [6.07, 6.45) is 10.8. The van der Waals surface area contributed by atoms with Gasteiger partial charge in [0.05, 0.1) is 0 Å². The third kappa shape index (κ3) is 3.16. The van der Waals surface area contributed by atoms with E-state index in [2.05, 4.69) is 11.7 Å². The second-order valence-electron chi connectivity index (χ2n) is 5.13. The lowest BCUT2D eigenvalue weighted by atomic mass is 9.87. The Balaban J connectivity index is 1.75. The Morgan fingerprint density at radius 3 is 2.40 bits per heavy atom. The van der Waals surface area contributed by atoms with Crippen LogP contribution in [0.1, 0.15) is 44.9 Å². The van der Waals surface area contributed by atoms with E-state index >= 15 is 0 Å². The number of hydrogen-bond donors (Lipinski definition) is 3. The summed E-state index contributed by atoms with van der Waals surface area (Å²) < 4.78 is 0. The van der Waals surface area contributed by atoms with Crippen molar-refractivity contribution in [2.45, 2.75) is 69.1 Å². The molecule has 15 heavy (non-hydrogen) atoms. The second-order valence-corrected chi connectivity index (χ2v) is 5.13. The van der Waals surface area contributed by atoms with Crippen LogP contribution in [0.5, 0.6) is 0 Å². The fourth-order valence-electron chi connectivity index (χ4n) is 2.79. The summed E-state index contributed by atoms with van der Waals surface area (Å²) in [5.74, 6) is 0. The van der Waals surface area contributed by atoms with Gasteiger partial charge >= 0.3 is 0 Å². The Hall–Kier alpha value is -0.120. The van der Waals surface area contributed by atoms with Gasteiger partial charge in [0.15, 0.2) is 0 Å². The van der Waals surface area contributed by atoms with Crippen molar-refractivity contribution >= 4 is 0 Å². The van der Waals surface area contributed by atoms with Crippen LogP contribution >= 0.6 is 0 Å². The molecule has 0 heterocycles. The first kappa shape index (κ1) is 11.4. The fraction of sp³-hybridized carbons (Fsp3) is 0.917. The van der Waals surface area contributed by atoms with Crippen molar-refractivity contribution in [3.8, 4) is 0 Å². The minimum atomic E-state index is 0.259. The molecule has 0 spiro atoms. The number of hydrogen-bond acceptors (Lipinski definition) is 3. The zero-order chi connectivity index (χ0) is 10.7. The summed E-state index contributed by atoms with van der Waals surface area (Å²) in [4.78, 5) is 0. The summed E-state index contributed by atoms with van der Waals surface area (Å²) in [5.41, 5.74) is 12.0. The molecule has 87 valence electrons. The van der Waals surface area contributed by atoms with E-state index in [1.165, 1.54) is 44.9 Å². The molecule has 0 aromatic rings. The van der Waals surface area contributed by atoms with Crippen LogP contribution in [-0.4, -0.2) is 24.2 Å². The molecule has 2 rings (SSSR count). The molecular weight excluding hydrogens is 186 g/mol. The molecular formula is C12H24N3. The van der Waals surface area contributed by atoms with E-state index in [4.69, 9.17) is 11.5 Å². The van der Waals surface area contributed by atoms with E-state index in [1.54, 1.807) is 0 Å². The maximum absolute atomic E-state index is 6.08. The molecule has 0 saturated heterocycles. The van der Waals surface area contributed by atoms with Crippen LogP contribution < -0.4 is 16.8 Å². The van der Waals surface area contributed by atoms with Crippen molar-refractivity contribution < 1.29 is 0 Å². The Morgan fingerprint density at radius 1 is 1.00 bits per heavy atom. The molecule has 2 atom stereocenters. The summed E-state index contributed by atoms with van der Waals surface area (Å²) in [6, 6.07) is 1.87. The van der Waals surface area contributed by atoms with Gasteiger partial charge in [-0.1, -0.05) is 6.42 Å². The van der Waals surface area contributed by atoms with Gasteiger partial charge in [0.2, 0.25) is 0 Å². The highest BCUT2D eigenvalue weighted by atomic mass is 15.0. The van der Waals surface area contributed by atoms with Crippen LogP contribution in [0.15, 0.2) is 0 Å². The molecule has 2 aliphatic carbocycles. The van der Waals surface area contributed by atoms with Gasteiger partial charge in [0.1, 0.15) is 0 Å². The topological polar surface area (TPSA) is 64.1 Å². The minimum absolute atomic E-state index is 0.259. The zero-order valence-electron chi connectivity index (χ0n) is 9.49. The van der Waals surface area contributed by atoms with Gasteiger partial charge in [0, 0.05) is 24.2 Å². The molecule has 2 aliphatic rings. The van der Waals surface area contributed by atoms with Crippen molar-refractivity contribution in [1.29, 1.82) is 0 Å². The molecule has 5 N–H and O–H groups in total. The Bertz CT molecular complexity index is 187. The van der Waals surface area contributed by atoms with Crippen molar-refractivity contribution in [3.63, 3.8) is 0 Å². The molecule has 0 aliphatic heterocycles. The molecule has 1 radical (unpaired) electrons. The zero-order valence-corrected chi connectivity index (χ0v) is 9.49. The van der Waals surface area contributed by atoms with Crippen LogP contribution in [0.4, 0.5) is 0 Å². The monoisotopic (exact) mass is 210 g/mol. The van der Waals surface area contributed by atoms with Gasteiger partial charge in [-0.15, -0.1) is 0 Å². The molecule has 0 bridgehead atoms.